The molecule has 1 aromatic carbocycles. The van der Waals surface area contributed by atoms with E-state index >= 15 is 0 Å². The number of benzene rings is 1. The summed E-state index contributed by atoms with van der Waals surface area (Å²) in [6.45, 7) is 1.86. The lowest BCUT2D eigenvalue weighted by Crippen LogP contribution is -2.21. The normalized spacial score (nSPS) is 14.8. The highest BCUT2D eigenvalue weighted by Crippen LogP contribution is 2.20. The molecule has 0 saturated heterocycles. The standard InChI is InChI=1S/C14H18IN5O2S/c1-9(8-21)18-13-12(15)7-17-14(20-13)19-10-3-5-11(6-4-10)23(2,16)22/h3-7,9,16,21H,8H2,1-2H3,(H2,17,18,19,20)/t9-,23?/m1/s1. The van der Waals surface area contributed by atoms with Crippen molar-refractivity contribution in [2.75, 3.05) is 23.5 Å². The van der Waals surface area contributed by atoms with Crippen molar-refractivity contribution < 1.29 is 9.32 Å². The molecule has 1 heterocycles. The molecule has 0 bridgehead atoms. The summed E-state index contributed by atoms with van der Waals surface area (Å²) in [6.07, 6.45) is 3.07. The third kappa shape index (κ3) is 5.01. The van der Waals surface area contributed by atoms with Crippen LogP contribution in [0.25, 0.3) is 0 Å². The molecule has 0 fully saturated rings. The van der Waals surface area contributed by atoms with Crippen molar-refractivity contribution in [1.29, 1.82) is 4.78 Å². The van der Waals surface area contributed by atoms with E-state index in [-0.39, 0.29) is 12.6 Å². The summed E-state index contributed by atoms with van der Waals surface area (Å²) < 4.78 is 20.1. The van der Waals surface area contributed by atoms with Gasteiger partial charge in [-0.3, -0.25) is 0 Å². The van der Waals surface area contributed by atoms with Crippen molar-refractivity contribution in [3.8, 4) is 0 Å². The maximum Gasteiger partial charge on any atom is 0.229 e. The van der Waals surface area contributed by atoms with E-state index in [2.05, 4.69) is 43.2 Å². The lowest BCUT2D eigenvalue weighted by molar-refractivity contribution is 0.281. The van der Waals surface area contributed by atoms with Crippen LogP contribution in [0.4, 0.5) is 17.5 Å². The van der Waals surface area contributed by atoms with Gasteiger partial charge in [0.2, 0.25) is 5.95 Å². The zero-order valence-electron chi connectivity index (χ0n) is 12.7. The number of nitrogens with one attached hydrogen (secondary N) is 3. The Bertz CT molecular complexity index is 780. The Morgan fingerprint density at radius 1 is 1.39 bits per heavy atom. The minimum absolute atomic E-state index is 0.00767. The van der Waals surface area contributed by atoms with Crippen LogP contribution in [0.5, 0.6) is 0 Å². The summed E-state index contributed by atoms with van der Waals surface area (Å²) in [5, 5.41) is 15.3. The Kier molecular flexibility index (Phi) is 5.76. The van der Waals surface area contributed by atoms with E-state index in [1.54, 1.807) is 30.5 Å². The highest BCUT2D eigenvalue weighted by Gasteiger charge is 2.09. The van der Waals surface area contributed by atoms with Gasteiger partial charge < -0.3 is 15.7 Å². The lowest BCUT2D eigenvalue weighted by Gasteiger charge is -2.14. The molecule has 4 N–H and O–H groups in total. The van der Waals surface area contributed by atoms with Crippen LogP contribution >= 0.6 is 22.6 Å². The summed E-state index contributed by atoms with van der Waals surface area (Å²) in [7, 11) is -2.71. The fourth-order valence-corrected chi connectivity index (χ4v) is 2.81. The molecule has 0 saturated carbocycles. The van der Waals surface area contributed by atoms with Gasteiger partial charge >= 0.3 is 0 Å². The van der Waals surface area contributed by atoms with E-state index in [4.69, 9.17) is 9.89 Å². The van der Waals surface area contributed by atoms with Crippen LogP contribution in [0.1, 0.15) is 6.92 Å². The smallest absolute Gasteiger partial charge is 0.229 e. The second kappa shape index (κ2) is 7.41. The molecule has 7 nitrogen and oxygen atoms in total. The van der Waals surface area contributed by atoms with Crippen LogP contribution in [0, 0.1) is 8.35 Å². The van der Waals surface area contributed by atoms with Crippen molar-refractivity contribution in [3.05, 3.63) is 34.0 Å². The molecular weight excluding hydrogens is 429 g/mol. The van der Waals surface area contributed by atoms with Gasteiger partial charge in [0, 0.05) is 29.1 Å². The molecule has 2 atom stereocenters. The molecule has 0 aliphatic carbocycles. The quantitative estimate of drug-likeness (QED) is 0.507. The minimum Gasteiger partial charge on any atom is -0.394 e. The third-order valence-electron chi connectivity index (χ3n) is 2.96. The van der Waals surface area contributed by atoms with E-state index < -0.39 is 9.73 Å². The topological polar surface area (TPSA) is 111 Å². The number of aliphatic hydroxyl groups excluding tert-OH is 1. The van der Waals surface area contributed by atoms with Crippen LogP contribution in [0.15, 0.2) is 35.4 Å². The Labute approximate surface area is 149 Å². The van der Waals surface area contributed by atoms with Crippen LogP contribution in [0.2, 0.25) is 0 Å². The van der Waals surface area contributed by atoms with E-state index in [0.717, 1.165) is 9.26 Å². The molecule has 2 aromatic rings. The fraction of sp³-hybridized carbons (Fsp3) is 0.286. The maximum absolute atomic E-state index is 11.7. The number of aliphatic hydroxyl groups is 1. The number of rotatable bonds is 6. The highest BCUT2D eigenvalue weighted by atomic mass is 127. The van der Waals surface area contributed by atoms with Crippen molar-refractivity contribution >= 4 is 49.8 Å². The number of nitrogens with zero attached hydrogens (tertiary/aromatic N) is 2. The molecule has 0 amide bonds. The Morgan fingerprint density at radius 3 is 2.61 bits per heavy atom. The number of aromatic nitrogens is 2. The number of anilines is 3. The van der Waals surface area contributed by atoms with Crippen molar-refractivity contribution in [2.24, 2.45) is 0 Å². The fourth-order valence-electron chi connectivity index (χ4n) is 1.73. The van der Waals surface area contributed by atoms with Crippen molar-refractivity contribution in [3.63, 3.8) is 0 Å². The Morgan fingerprint density at radius 2 is 2.04 bits per heavy atom. The number of hydrogen-bond donors (Lipinski definition) is 4. The molecular formula is C14H18IN5O2S. The van der Waals surface area contributed by atoms with Gasteiger partial charge in [0.25, 0.3) is 0 Å². The zero-order valence-corrected chi connectivity index (χ0v) is 15.7. The van der Waals surface area contributed by atoms with Gasteiger partial charge in [-0.2, -0.15) is 4.98 Å². The Balaban J connectivity index is 2.18. The SMILES string of the molecule is C[C@H](CO)Nc1nc(Nc2ccc(S(C)(=N)=O)cc2)ncc1I. The second-order valence-corrected chi connectivity index (χ2v) is 8.43. The second-order valence-electron chi connectivity index (χ2n) is 5.11. The Hall–Kier alpha value is -1.46. The molecule has 124 valence electrons. The van der Waals surface area contributed by atoms with Crippen LogP contribution in [-0.4, -0.2) is 38.2 Å². The molecule has 0 aliphatic rings. The first-order valence-electron chi connectivity index (χ1n) is 6.80. The summed E-state index contributed by atoms with van der Waals surface area (Å²) in [4.78, 5) is 9.07. The first kappa shape index (κ1) is 17.9. The average Bonchev–Trinajstić information content (AvgIpc) is 2.50. The molecule has 0 radical (unpaired) electrons. The first-order chi connectivity index (χ1) is 10.8. The molecule has 2 rings (SSSR count). The van der Waals surface area contributed by atoms with Gasteiger partial charge in [-0.1, -0.05) is 0 Å². The van der Waals surface area contributed by atoms with Gasteiger partial charge in [-0.25, -0.2) is 14.0 Å². The van der Waals surface area contributed by atoms with Crippen molar-refractivity contribution in [2.45, 2.75) is 17.9 Å². The largest absolute Gasteiger partial charge is 0.394 e. The average molecular weight is 447 g/mol. The van der Waals surface area contributed by atoms with E-state index in [9.17, 15) is 4.21 Å². The lowest BCUT2D eigenvalue weighted by atomic mass is 10.3. The zero-order chi connectivity index (χ0) is 17.0. The molecule has 1 aromatic heterocycles. The third-order valence-corrected chi connectivity index (χ3v) is 4.92. The summed E-state index contributed by atoms with van der Waals surface area (Å²) in [6, 6.07) is 6.66. The van der Waals surface area contributed by atoms with Crippen LogP contribution < -0.4 is 10.6 Å². The highest BCUT2D eigenvalue weighted by molar-refractivity contribution is 14.1. The number of hydrogen-bond acceptors (Lipinski definition) is 7. The molecule has 0 aliphatic heterocycles. The van der Waals surface area contributed by atoms with Crippen molar-refractivity contribution in [1.82, 2.24) is 9.97 Å². The first-order valence-corrected chi connectivity index (χ1v) is 9.85. The van der Waals surface area contributed by atoms with E-state index in [1.165, 1.54) is 6.26 Å². The summed E-state index contributed by atoms with van der Waals surface area (Å²) in [5.74, 6) is 1.05. The molecule has 1 unspecified atom stereocenters. The van der Waals surface area contributed by atoms with Gasteiger partial charge in [-0.05, 0) is 53.8 Å². The predicted molar refractivity (Wildman–Crippen MR) is 99.7 cm³/mol. The van der Waals surface area contributed by atoms with Crippen LogP contribution in [-0.2, 0) is 9.73 Å². The summed E-state index contributed by atoms with van der Waals surface area (Å²) >= 11 is 2.12. The predicted octanol–water partition coefficient (Wildman–Crippen LogP) is 2.65. The van der Waals surface area contributed by atoms with Gasteiger partial charge in [0.15, 0.2) is 0 Å². The molecule has 9 heteroatoms. The van der Waals surface area contributed by atoms with Gasteiger partial charge in [-0.15, -0.1) is 0 Å². The minimum atomic E-state index is -2.71. The monoisotopic (exact) mass is 447 g/mol. The molecule has 23 heavy (non-hydrogen) atoms. The maximum atomic E-state index is 11.7. The van der Waals surface area contributed by atoms with Gasteiger partial charge in [0.05, 0.1) is 19.9 Å². The van der Waals surface area contributed by atoms with E-state index in [1.807, 2.05) is 6.92 Å². The summed E-state index contributed by atoms with van der Waals surface area (Å²) in [5.41, 5.74) is 0.736. The van der Waals surface area contributed by atoms with Crippen LogP contribution in [0.3, 0.4) is 0 Å². The van der Waals surface area contributed by atoms with E-state index in [0.29, 0.717) is 16.7 Å². The number of halogens is 1. The van der Waals surface area contributed by atoms with Gasteiger partial charge in [0.1, 0.15) is 5.82 Å². The molecule has 0 spiro atoms.